The number of rotatable bonds is 5. The van der Waals surface area contributed by atoms with Crippen LogP contribution in [0.15, 0.2) is 176 Å². The van der Waals surface area contributed by atoms with Crippen LogP contribution in [-0.4, -0.2) is 0 Å². The molecule has 0 saturated carbocycles. The number of fused-ring (bicyclic) bond motifs is 7. The van der Waals surface area contributed by atoms with Crippen LogP contribution < -0.4 is 4.90 Å². The zero-order valence-electron chi connectivity index (χ0n) is 26.5. The summed E-state index contributed by atoms with van der Waals surface area (Å²) in [4.78, 5) is 2.42. The highest BCUT2D eigenvalue weighted by molar-refractivity contribution is 7.26. The Labute approximate surface area is 292 Å². The lowest BCUT2D eigenvalue weighted by atomic mass is 9.92. The smallest absolute Gasteiger partial charge is 0.0476 e. The summed E-state index contributed by atoms with van der Waals surface area (Å²) in [7, 11) is 0. The van der Waals surface area contributed by atoms with Crippen molar-refractivity contribution >= 4 is 90.9 Å². The fourth-order valence-corrected chi connectivity index (χ4v) is 9.71. The fraction of sp³-hybridized carbons (Fsp3) is 0. The summed E-state index contributed by atoms with van der Waals surface area (Å²) in [6.07, 6.45) is 0. The largest absolute Gasteiger partial charge is 0.310 e. The molecule has 3 heteroatoms. The van der Waals surface area contributed by atoms with E-state index in [4.69, 9.17) is 0 Å². The molecule has 10 aromatic rings. The Kier molecular flexibility index (Phi) is 6.61. The van der Waals surface area contributed by atoms with Crippen molar-refractivity contribution < 1.29 is 0 Å². The van der Waals surface area contributed by atoms with Gasteiger partial charge in [0.1, 0.15) is 0 Å². The van der Waals surface area contributed by atoms with Crippen LogP contribution in [0.25, 0.3) is 73.4 Å². The number of anilines is 3. The molecule has 0 aliphatic carbocycles. The molecule has 8 aromatic carbocycles. The van der Waals surface area contributed by atoms with Crippen molar-refractivity contribution in [2.24, 2.45) is 0 Å². The third kappa shape index (κ3) is 4.74. The van der Waals surface area contributed by atoms with Gasteiger partial charge >= 0.3 is 0 Å². The van der Waals surface area contributed by atoms with Gasteiger partial charge in [0.15, 0.2) is 0 Å². The number of hydrogen-bond donors (Lipinski definition) is 0. The van der Waals surface area contributed by atoms with E-state index < -0.39 is 0 Å². The first kappa shape index (κ1) is 28.3. The van der Waals surface area contributed by atoms with Gasteiger partial charge in [-0.05, 0) is 76.0 Å². The van der Waals surface area contributed by atoms with E-state index in [1.807, 2.05) is 22.7 Å². The van der Waals surface area contributed by atoms with Gasteiger partial charge in [-0.3, -0.25) is 0 Å². The predicted molar refractivity (Wildman–Crippen MR) is 215 cm³/mol. The van der Waals surface area contributed by atoms with Crippen molar-refractivity contribution in [3.05, 3.63) is 176 Å². The molecule has 10 rings (SSSR count). The fourth-order valence-electron chi connectivity index (χ4n) is 7.34. The van der Waals surface area contributed by atoms with Gasteiger partial charge in [-0.15, -0.1) is 22.7 Å². The summed E-state index contributed by atoms with van der Waals surface area (Å²) >= 11 is 3.75. The van der Waals surface area contributed by atoms with Gasteiger partial charge < -0.3 is 4.90 Å². The van der Waals surface area contributed by atoms with Crippen LogP contribution in [0.2, 0.25) is 0 Å². The topological polar surface area (TPSA) is 3.24 Å². The Morgan fingerprint density at radius 1 is 0.327 bits per heavy atom. The van der Waals surface area contributed by atoms with Gasteiger partial charge in [-0.2, -0.15) is 0 Å². The van der Waals surface area contributed by atoms with Crippen molar-refractivity contribution in [2.75, 3.05) is 4.90 Å². The van der Waals surface area contributed by atoms with Crippen LogP contribution in [0, 0.1) is 0 Å². The minimum absolute atomic E-state index is 1.13. The summed E-state index contributed by atoms with van der Waals surface area (Å²) in [6, 6.07) is 64.5. The standard InChI is InChI=1S/C46H29NS2/c1-2-12-31(13-3-1)42-28-34(23-25-36(42)40-17-10-18-41-38-16-7-9-20-44(38)49-46(40)41)47(33-22-21-30-11-4-5-14-32(30)27-33)35-24-26-39-37-15-6-8-19-43(37)48-45(39)29-35/h1-29H. The summed E-state index contributed by atoms with van der Waals surface area (Å²) in [6.45, 7) is 0. The van der Waals surface area contributed by atoms with E-state index in [0.717, 1.165) is 17.1 Å². The third-order valence-corrected chi connectivity index (χ3v) is 12.0. The van der Waals surface area contributed by atoms with Crippen molar-refractivity contribution in [1.29, 1.82) is 0 Å². The molecular formula is C46H29NS2. The second-order valence-corrected chi connectivity index (χ2v) is 14.7. The molecule has 0 N–H and O–H groups in total. The Morgan fingerprint density at radius 3 is 1.80 bits per heavy atom. The lowest BCUT2D eigenvalue weighted by Gasteiger charge is -2.27. The van der Waals surface area contributed by atoms with E-state index in [1.165, 1.54) is 73.4 Å². The van der Waals surface area contributed by atoms with E-state index in [2.05, 4.69) is 181 Å². The Morgan fingerprint density at radius 2 is 0.939 bits per heavy atom. The van der Waals surface area contributed by atoms with Gasteiger partial charge in [0.05, 0.1) is 0 Å². The first-order valence-corrected chi connectivity index (χ1v) is 18.2. The lowest BCUT2D eigenvalue weighted by molar-refractivity contribution is 1.30. The molecule has 1 nitrogen and oxygen atoms in total. The van der Waals surface area contributed by atoms with Crippen LogP contribution >= 0.6 is 22.7 Å². The molecule has 230 valence electrons. The average Bonchev–Trinajstić information content (AvgIpc) is 3.73. The molecule has 49 heavy (non-hydrogen) atoms. The molecule has 0 atom stereocenters. The van der Waals surface area contributed by atoms with E-state index >= 15 is 0 Å². The van der Waals surface area contributed by atoms with Gasteiger partial charge in [0.25, 0.3) is 0 Å². The van der Waals surface area contributed by atoms with Crippen LogP contribution in [0.1, 0.15) is 0 Å². The molecule has 0 spiro atoms. The Balaban J connectivity index is 1.22. The maximum Gasteiger partial charge on any atom is 0.0476 e. The molecular weight excluding hydrogens is 631 g/mol. The van der Waals surface area contributed by atoms with E-state index in [9.17, 15) is 0 Å². The first-order valence-electron chi connectivity index (χ1n) is 16.6. The van der Waals surface area contributed by atoms with Crippen LogP contribution in [0.3, 0.4) is 0 Å². The van der Waals surface area contributed by atoms with Crippen molar-refractivity contribution in [1.82, 2.24) is 0 Å². The van der Waals surface area contributed by atoms with E-state index in [-0.39, 0.29) is 0 Å². The summed E-state index contributed by atoms with van der Waals surface area (Å²) in [5, 5.41) is 7.72. The monoisotopic (exact) mass is 659 g/mol. The Hall–Kier alpha value is -5.74. The average molecular weight is 660 g/mol. The molecule has 0 bridgehead atoms. The number of benzene rings is 8. The van der Waals surface area contributed by atoms with Crippen LogP contribution in [-0.2, 0) is 0 Å². The number of thiophene rings is 2. The van der Waals surface area contributed by atoms with Gasteiger partial charge in [0.2, 0.25) is 0 Å². The predicted octanol–water partition coefficient (Wildman–Crippen LogP) is 14.4. The zero-order valence-corrected chi connectivity index (χ0v) is 28.1. The maximum atomic E-state index is 2.42. The van der Waals surface area contributed by atoms with Crippen LogP contribution in [0.5, 0.6) is 0 Å². The zero-order chi connectivity index (χ0) is 32.3. The second kappa shape index (κ2) is 11.5. The summed E-state index contributed by atoms with van der Waals surface area (Å²) < 4.78 is 5.26. The van der Waals surface area contributed by atoms with Gasteiger partial charge in [-0.1, -0.05) is 127 Å². The third-order valence-electron chi connectivity index (χ3n) is 9.65. The van der Waals surface area contributed by atoms with Crippen LogP contribution in [0.4, 0.5) is 17.1 Å². The maximum absolute atomic E-state index is 2.42. The summed E-state index contributed by atoms with van der Waals surface area (Å²) in [5.41, 5.74) is 8.35. The first-order chi connectivity index (χ1) is 24.3. The van der Waals surface area contributed by atoms with Crippen molar-refractivity contribution in [3.8, 4) is 22.3 Å². The highest BCUT2D eigenvalue weighted by Gasteiger charge is 2.19. The number of hydrogen-bond acceptors (Lipinski definition) is 3. The lowest BCUT2D eigenvalue weighted by Crippen LogP contribution is -2.10. The van der Waals surface area contributed by atoms with E-state index in [1.54, 1.807) is 0 Å². The highest BCUT2D eigenvalue weighted by atomic mass is 32.1. The number of nitrogens with zero attached hydrogens (tertiary/aromatic N) is 1. The molecule has 0 aliphatic rings. The molecule has 0 fully saturated rings. The quantitative estimate of drug-likeness (QED) is 0.178. The Bertz CT molecular complexity index is 2840. The highest BCUT2D eigenvalue weighted by Crippen LogP contribution is 2.46. The molecule has 2 aromatic heterocycles. The SMILES string of the molecule is c1ccc(-c2cc(N(c3ccc4ccccc4c3)c3ccc4c(c3)sc3ccccc34)ccc2-c2cccc3c2sc2ccccc23)cc1. The van der Waals surface area contributed by atoms with Crippen molar-refractivity contribution in [3.63, 3.8) is 0 Å². The minimum Gasteiger partial charge on any atom is -0.310 e. The molecule has 0 amide bonds. The second-order valence-electron chi connectivity index (χ2n) is 12.5. The normalized spacial score (nSPS) is 11.7. The van der Waals surface area contributed by atoms with Gasteiger partial charge in [-0.25, -0.2) is 0 Å². The molecule has 2 heterocycles. The molecule has 0 unspecified atom stereocenters. The van der Waals surface area contributed by atoms with Gasteiger partial charge in [0, 0.05) is 63.0 Å². The molecule has 0 radical (unpaired) electrons. The molecule has 0 aliphatic heterocycles. The van der Waals surface area contributed by atoms with Crippen molar-refractivity contribution in [2.45, 2.75) is 0 Å². The minimum atomic E-state index is 1.13. The van der Waals surface area contributed by atoms with E-state index in [0.29, 0.717) is 0 Å². The summed E-state index contributed by atoms with van der Waals surface area (Å²) in [5.74, 6) is 0. The molecule has 0 saturated heterocycles.